The Balaban J connectivity index is 1.92. The van der Waals surface area contributed by atoms with Crippen molar-refractivity contribution in [3.8, 4) is 23.0 Å². The maximum absolute atomic E-state index is 13.9. The molecule has 0 spiro atoms. The van der Waals surface area contributed by atoms with Crippen molar-refractivity contribution in [3.63, 3.8) is 0 Å². The van der Waals surface area contributed by atoms with Crippen LogP contribution in [0.25, 0.3) is 0 Å². The fraction of sp³-hybridized carbons (Fsp3) is 0.424. The largest absolute Gasteiger partial charge is 0.497 e. The van der Waals surface area contributed by atoms with Gasteiger partial charge in [0.1, 0.15) is 36.2 Å². The Morgan fingerprint density at radius 3 is 2.21 bits per heavy atom. The molecule has 2 aromatic carbocycles. The van der Waals surface area contributed by atoms with Crippen molar-refractivity contribution in [1.82, 2.24) is 0 Å². The van der Waals surface area contributed by atoms with Crippen LogP contribution in [-0.2, 0) is 0 Å². The van der Waals surface area contributed by atoms with Gasteiger partial charge in [0.05, 0.1) is 31.5 Å². The zero-order valence-electron chi connectivity index (χ0n) is 24.9. The van der Waals surface area contributed by atoms with E-state index >= 15 is 0 Å². The van der Waals surface area contributed by atoms with Gasteiger partial charge in [-0.1, -0.05) is 22.8 Å². The van der Waals surface area contributed by atoms with Gasteiger partial charge in [0.15, 0.2) is 0 Å². The number of ether oxygens (including phenoxy) is 4. The van der Waals surface area contributed by atoms with Crippen molar-refractivity contribution >= 4 is 11.6 Å². The average molecular weight is 534 g/mol. The molecule has 1 aliphatic rings. The van der Waals surface area contributed by atoms with E-state index in [1.807, 2.05) is 58.0 Å². The topological polar surface area (TPSA) is 57.2 Å². The van der Waals surface area contributed by atoms with Gasteiger partial charge in [-0.15, -0.1) is 0 Å². The number of fused-ring (bicyclic) bond motifs is 1. The molecule has 2 aromatic rings. The van der Waals surface area contributed by atoms with Crippen LogP contribution < -0.4 is 23.8 Å². The average Bonchev–Trinajstić information content (AvgIpc) is 3.13. The first kappa shape index (κ1) is 29.9. The van der Waals surface area contributed by atoms with Crippen molar-refractivity contribution in [1.29, 1.82) is 0 Å². The van der Waals surface area contributed by atoms with E-state index in [1.54, 1.807) is 19.1 Å². The third-order valence-electron chi connectivity index (χ3n) is 6.91. The lowest BCUT2D eigenvalue weighted by Crippen LogP contribution is -2.27. The van der Waals surface area contributed by atoms with Crippen molar-refractivity contribution < 1.29 is 23.7 Å². The van der Waals surface area contributed by atoms with Crippen LogP contribution in [0.2, 0.25) is 0 Å². The molecule has 1 heterocycles. The van der Waals surface area contributed by atoms with E-state index in [9.17, 15) is 4.79 Å². The highest BCUT2D eigenvalue weighted by Crippen LogP contribution is 2.48. The molecule has 39 heavy (non-hydrogen) atoms. The molecule has 1 atom stereocenters. The molecule has 3 rings (SSSR count). The zero-order valence-corrected chi connectivity index (χ0v) is 24.9. The summed E-state index contributed by atoms with van der Waals surface area (Å²) in [6.45, 7) is 15.2. The molecule has 0 radical (unpaired) electrons. The highest BCUT2D eigenvalue weighted by Gasteiger charge is 2.40. The molecular formula is C33H43NO5. The van der Waals surface area contributed by atoms with Crippen molar-refractivity contribution in [2.24, 2.45) is 0 Å². The molecule has 1 amide bonds. The first-order valence-corrected chi connectivity index (χ1v) is 13.5. The van der Waals surface area contributed by atoms with Gasteiger partial charge in [0.25, 0.3) is 5.91 Å². The lowest BCUT2D eigenvalue weighted by molar-refractivity contribution is 0.0989. The van der Waals surface area contributed by atoms with Crippen LogP contribution in [0, 0.1) is 6.92 Å². The minimum Gasteiger partial charge on any atom is -0.497 e. The smallest absolute Gasteiger partial charge is 0.263 e. The van der Waals surface area contributed by atoms with Gasteiger partial charge in [-0.25, -0.2) is 0 Å². The number of nitrogens with zero attached hydrogens (tertiary/aromatic N) is 1. The Morgan fingerprint density at radius 1 is 0.897 bits per heavy atom. The van der Waals surface area contributed by atoms with E-state index in [0.717, 1.165) is 35.3 Å². The Labute approximate surface area is 233 Å². The second-order valence-corrected chi connectivity index (χ2v) is 10.5. The predicted molar refractivity (Wildman–Crippen MR) is 159 cm³/mol. The van der Waals surface area contributed by atoms with Gasteiger partial charge in [-0.05, 0) is 97.2 Å². The molecule has 1 unspecified atom stereocenters. The highest BCUT2D eigenvalue weighted by atomic mass is 16.5. The summed E-state index contributed by atoms with van der Waals surface area (Å²) in [5.41, 5.74) is 6.70. The van der Waals surface area contributed by atoms with E-state index in [-0.39, 0.29) is 11.9 Å². The minimum atomic E-state index is -0.245. The van der Waals surface area contributed by atoms with Crippen molar-refractivity contribution in [2.75, 3.05) is 32.3 Å². The summed E-state index contributed by atoms with van der Waals surface area (Å²) in [5.74, 6) is 2.38. The predicted octanol–water partition coefficient (Wildman–Crippen LogP) is 8.15. The number of carbonyl (C=O) groups excluding carboxylic acids is 1. The lowest BCUT2D eigenvalue weighted by Gasteiger charge is -2.25. The van der Waals surface area contributed by atoms with Crippen LogP contribution in [0.5, 0.6) is 23.0 Å². The highest BCUT2D eigenvalue weighted by molar-refractivity contribution is 6.14. The molecule has 0 N–H and O–H groups in total. The fourth-order valence-corrected chi connectivity index (χ4v) is 4.66. The summed E-state index contributed by atoms with van der Waals surface area (Å²) in [4.78, 5) is 15.6. The second-order valence-electron chi connectivity index (χ2n) is 10.5. The Hall–Kier alpha value is -3.67. The number of amides is 1. The van der Waals surface area contributed by atoms with Crippen LogP contribution in [0.1, 0.15) is 81.9 Å². The third kappa shape index (κ3) is 7.05. The summed E-state index contributed by atoms with van der Waals surface area (Å²) >= 11 is 0. The van der Waals surface area contributed by atoms with Gasteiger partial charge < -0.3 is 18.9 Å². The van der Waals surface area contributed by atoms with Gasteiger partial charge in [0, 0.05) is 11.6 Å². The van der Waals surface area contributed by atoms with Crippen LogP contribution in [0.15, 0.2) is 59.2 Å². The van der Waals surface area contributed by atoms with Crippen LogP contribution >= 0.6 is 0 Å². The fourth-order valence-electron chi connectivity index (χ4n) is 4.66. The Bertz CT molecular complexity index is 1280. The second kappa shape index (κ2) is 13.4. The zero-order chi connectivity index (χ0) is 28.7. The summed E-state index contributed by atoms with van der Waals surface area (Å²) in [6, 6.07) is 7.27. The molecule has 0 fully saturated rings. The van der Waals surface area contributed by atoms with Gasteiger partial charge in [0.2, 0.25) is 0 Å². The molecule has 0 aromatic heterocycles. The summed E-state index contributed by atoms with van der Waals surface area (Å²) in [7, 11) is 3.21. The first-order valence-electron chi connectivity index (χ1n) is 13.5. The van der Waals surface area contributed by atoms with E-state index in [4.69, 9.17) is 18.9 Å². The number of carbonyl (C=O) groups is 1. The third-order valence-corrected chi connectivity index (χ3v) is 6.91. The summed E-state index contributed by atoms with van der Waals surface area (Å²) < 4.78 is 23.5. The quantitative estimate of drug-likeness (QED) is 0.258. The normalized spacial score (nSPS) is 14.6. The summed E-state index contributed by atoms with van der Waals surface area (Å²) in [6.07, 6.45) is 8.39. The number of hydrogen-bond donors (Lipinski definition) is 0. The molecule has 6 heteroatoms. The van der Waals surface area contributed by atoms with Crippen LogP contribution in [0.4, 0.5) is 5.69 Å². The van der Waals surface area contributed by atoms with Gasteiger partial charge in [-0.2, -0.15) is 0 Å². The number of hydrogen-bond acceptors (Lipinski definition) is 5. The van der Waals surface area contributed by atoms with Crippen LogP contribution in [-0.4, -0.2) is 33.3 Å². The lowest BCUT2D eigenvalue weighted by atomic mass is 10.0. The maximum atomic E-state index is 13.9. The van der Waals surface area contributed by atoms with E-state index in [2.05, 4.69) is 32.9 Å². The summed E-state index contributed by atoms with van der Waals surface area (Å²) in [5, 5.41) is 0. The van der Waals surface area contributed by atoms with Crippen molar-refractivity contribution in [2.45, 2.75) is 67.3 Å². The van der Waals surface area contributed by atoms with Gasteiger partial charge in [-0.3, -0.25) is 9.69 Å². The SMILES string of the molecule is COc1ccc(N2C(=O)c3c(cc(OC/C=C(\C)CCC=C(C)C)c(C)c3OC)C2C)c(OCC=C(C)C)c1. The monoisotopic (exact) mass is 533 g/mol. The molecule has 210 valence electrons. The number of allylic oxidation sites excluding steroid dienone is 4. The molecule has 6 nitrogen and oxygen atoms in total. The van der Waals surface area contributed by atoms with E-state index in [1.165, 1.54) is 11.1 Å². The molecule has 0 saturated heterocycles. The van der Waals surface area contributed by atoms with E-state index in [0.29, 0.717) is 41.7 Å². The molecule has 0 bridgehead atoms. The maximum Gasteiger partial charge on any atom is 0.263 e. The molecule has 0 saturated carbocycles. The molecular weight excluding hydrogens is 490 g/mol. The van der Waals surface area contributed by atoms with Crippen molar-refractivity contribution in [3.05, 3.63) is 75.9 Å². The molecule has 0 aliphatic carbocycles. The molecule has 1 aliphatic heterocycles. The Morgan fingerprint density at radius 2 is 1.56 bits per heavy atom. The van der Waals surface area contributed by atoms with Gasteiger partial charge >= 0.3 is 0 Å². The Kier molecular flexibility index (Phi) is 10.3. The number of benzene rings is 2. The first-order chi connectivity index (χ1) is 18.6. The number of methoxy groups -OCH3 is 2. The standard InChI is InChI=1S/C33H43NO5/c1-21(2)11-10-12-23(5)16-18-38-29-20-27-25(7)34(33(35)31(27)32(37-9)24(29)6)28-14-13-26(36-8)19-30(28)39-17-15-22(3)4/h11,13-16,19-20,25H,10,12,17-18H2,1-9H3/b23-16+. The number of rotatable bonds is 12. The number of anilines is 1. The minimum absolute atomic E-state index is 0.128. The van der Waals surface area contributed by atoms with E-state index < -0.39 is 0 Å². The van der Waals surface area contributed by atoms with Crippen LogP contribution in [0.3, 0.4) is 0 Å².